The van der Waals surface area contributed by atoms with Gasteiger partial charge in [0.2, 0.25) is 0 Å². The fraction of sp³-hybridized carbons (Fsp3) is 0.500. The van der Waals surface area contributed by atoms with Gasteiger partial charge < -0.3 is 5.32 Å². The summed E-state index contributed by atoms with van der Waals surface area (Å²) in [6, 6.07) is 5.31. The first-order valence-corrected chi connectivity index (χ1v) is 6.52. The molecule has 1 N–H and O–H groups in total. The van der Waals surface area contributed by atoms with Crippen molar-refractivity contribution in [2.24, 2.45) is 0 Å². The van der Waals surface area contributed by atoms with Gasteiger partial charge in [0.25, 0.3) is 5.91 Å². The number of aryl methyl sites for hydroxylation is 1. The van der Waals surface area contributed by atoms with Gasteiger partial charge in [-0.05, 0) is 25.5 Å². The number of hydrogen-bond donors (Lipinski definition) is 1. The molecule has 0 spiro atoms. The fourth-order valence-electron chi connectivity index (χ4n) is 1.35. The molecule has 0 aliphatic carbocycles. The van der Waals surface area contributed by atoms with Crippen LogP contribution in [-0.2, 0) is 0 Å². The quantitative estimate of drug-likeness (QED) is 0.839. The number of nitrogens with one attached hydrogen (secondary N) is 1. The molecular formula is C12H16Cl2N2O. The molecule has 1 amide bonds. The number of carbonyl (C=O) groups excluding carboxylic acids is 1. The average molecular weight is 275 g/mol. The van der Waals surface area contributed by atoms with Crippen LogP contribution in [0.3, 0.4) is 0 Å². The lowest BCUT2D eigenvalue weighted by Crippen LogP contribution is -2.51. The highest BCUT2D eigenvalue weighted by atomic mass is 35.5. The fourth-order valence-corrected chi connectivity index (χ4v) is 2.15. The molecule has 3 nitrogen and oxygen atoms in total. The van der Waals surface area contributed by atoms with Crippen molar-refractivity contribution < 1.29 is 4.79 Å². The third kappa shape index (κ3) is 3.58. The first-order chi connectivity index (χ1) is 8.06. The lowest BCUT2D eigenvalue weighted by Gasteiger charge is -2.29. The van der Waals surface area contributed by atoms with Crippen molar-refractivity contribution in [1.29, 1.82) is 0 Å². The van der Waals surface area contributed by atoms with Crippen LogP contribution >= 0.6 is 23.2 Å². The Morgan fingerprint density at radius 3 is 2.53 bits per heavy atom. The number of amides is 1. The molecule has 5 heteroatoms. The van der Waals surface area contributed by atoms with Gasteiger partial charge >= 0.3 is 0 Å². The maximum absolute atomic E-state index is 12.0. The molecule has 0 aliphatic heterocycles. The Labute approximate surface area is 112 Å². The van der Waals surface area contributed by atoms with Gasteiger partial charge in [-0.15, -0.1) is 23.2 Å². The van der Waals surface area contributed by atoms with Crippen molar-refractivity contribution in [2.45, 2.75) is 25.8 Å². The maximum atomic E-state index is 12.0. The molecule has 1 aromatic heterocycles. The number of hydrogen-bond acceptors (Lipinski definition) is 2. The van der Waals surface area contributed by atoms with Crippen LogP contribution < -0.4 is 5.32 Å². The molecule has 0 radical (unpaired) electrons. The smallest absolute Gasteiger partial charge is 0.270 e. The first kappa shape index (κ1) is 14.3. The Hall–Kier alpha value is -0.800. The second kappa shape index (κ2) is 6.22. The normalized spacial score (nSPS) is 11.3. The summed E-state index contributed by atoms with van der Waals surface area (Å²) in [6.07, 6.45) is 0.678. The van der Waals surface area contributed by atoms with E-state index < -0.39 is 5.54 Å². The highest BCUT2D eigenvalue weighted by Gasteiger charge is 2.28. The monoisotopic (exact) mass is 274 g/mol. The van der Waals surface area contributed by atoms with E-state index >= 15 is 0 Å². The molecule has 1 heterocycles. The molecule has 94 valence electrons. The zero-order valence-electron chi connectivity index (χ0n) is 9.96. The minimum atomic E-state index is -0.564. The van der Waals surface area contributed by atoms with Crippen molar-refractivity contribution in [1.82, 2.24) is 10.3 Å². The van der Waals surface area contributed by atoms with E-state index in [1.54, 1.807) is 12.1 Å². The summed E-state index contributed by atoms with van der Waals surface area (Å²) in [5, 5.41) is 2.86. The summed E-state index contributed by atoms with van der Waals surface area (Å²) in [5.74, 6) is 0.326. The molecule has 17 heavy (non-hydrogen) atoms. The van der Waals surface area contributed by atoms with E-state index in [4.69, 9.17) is 23.2 Å². The van der Waals surface area contributed by atoms with Gasteiger partial charge in [-0.25, -0.2) is 4.98 Å². The Balaban J connectivity index is 2.84. The summed E-state index contributed by atoms with van der Waals surface area (Å²) in [5.41, 5.74) is 0.626. The predicted octanol–water partition coefficient (Wildman–Crippen LogP) is 2.75. The molecule has 0 saturated heterocycles. The highest BCUT2D eigenvalue weighted by Crippen LogP contribution is 2.15. The minimum absolute atomic E-state index is 0.239. The molecule has 0 atom stereocenters. The van der Waals surface area contributed by atoms with Gasteiger partial charge in [-0.1, -0.05) is 13.0 Å². The molecule has 0 fully saturated rings. The van der Waals surface area contributed by atoms with Crippen LogP contribution in [0.15, 0.2) is 18.2 Å². The van der Waals surface area contributed by atoms with Crippen LogP contribution in [0.1, 0.15) is 29.5 Å². The number of alkyl halides is 2. The summed E-state index contributed by atoms with van der Waals surface area (Å²) in [4.78, 5) is 16.2. The Morgan fingerprint density at radius 2 is 2.06 bits per heavy atom. The molecule has 0 saturated carbocycles. The number of pyridine rings is 1. The van der Waals surface area contributed by atoms with E-state index in [9.17, 15) is 4.79 Å². The largest absolute Gasteiger partial charge is 0.343 e. The zero-order valence-corrected chi connectivity index (χ0v) is 11.5. The van der Waals surface area contributed by atoms with Gasteiger partial charge in [0.1, 0.15) is 5.69 Å². The molecule has 0 unspecified atom stereocenters. The minimum Gasteiger partial charge on any atom is -0.343 e. The van der Waals surface area contributed by atoms with Crippen LogP contribution in [0.4, 0.5) is 0 Å². The lowest BCUT2D eigenvalue weighted by molar-refractivity contribution is 0.0908. The molecule has 1 aromatic rings. The van der Waals surface area contributed by atoms with E-state index in [1.807, 2.05) is 19.9 Å². The van der Waals surface area contributed by atoms with Crippen LogP contribution in [0.2, 0.25) is 0 Å². The van der Waals surface area contributed by atoms with Gasteiger partial charge in [-0.3, -0.25) is 4.79 Å². The summed E-state index contributed by atoms with van der Waals surface area (Å²) in [6.45, 7) is 3.78. The van der Waals surface area contributed by atoms with E-state index in [2.05, 4.69) is 10.3 Å². The van der Waals surface area contributed by atoms with Gasteiger partial charge in [0.05, 0.1) is 5.54 Å². The SMILES string of the molecule is CCC(CCl)(CCl)NC(=O)c1cccc(C)n1. The molecule has 0 aliphatic rings. The zero-order chi connectivity index (χ0) is 12.9. The Kier molecular flexibility index (Phi) is 5.22. The number of aromatic nitrogens is 1. The number of nitrogens with zero attached hydrogens (tertiary/aromatic N) is 1. The molecule has 1 rings (SSSR count). The van der Waals surface area contributed by atoms with Crippen molar-refractivity contribution in [2.75, 3.05) is 11.8 Å². The van der Waals surface area contributed by atoms with E-state index in [1.165, 1.54) is 0 Å². The standard InChI is InChI=1S/C12H16Cl2N2O/c1-3-12(7-13,8-14)16-11(17)10-6-4-5-9(2)15-10/h4-6H,3,7-8H2,1-2H3,(H,16,17). The van der Waals surface area contributed by atoms with Gasteiger partial charge in [0.15, 0.2) is 0 Å². The first-order valence-electron chi connectivity index (χ1n) is 5.45. The van der Waals surface area contributed by atoms with Crippen molar-refractivity contribution in [3.8, 4) is 0 Å². The summed E-state index contributed by atoms with van der Waals surface area (Å²) >= 11 is 11.7. The Morgan fingerprint density at radius 1 is 1.41 bits per heavy atom. The second-order valence-corrected chi connectivity index (χ2v) is 4.55. The van der Waals surface area contributed by atoms with Crippen molar-refractivity contribution >= 4 is 29.1 Å². The van der Waals surface area contributed by atoms with Crippen LogP contribution in [0.25, 0.3) is 0 Å². The van der Waals surface area contributed by atoms with Crippen LogP contribution in [-0.4, -0.2) is 28.2 Å². The van der Waals surface area contributed by atoms with Crippen LogP contribution in [0, 0.1) is 6.92 Å². The molecular weight excluding hydrogens is 259 g/mol. The number of carbonyl (C=O) groups is 1. The van der Waals surface area contributed by atoms with E-state index in [0.717, 1.165) is 5.69 Å². The van der Waals surface area contributed by atoms with E-state index in [0.29, 0.717) is 12.1 Å². The topological polar surface area (TPSA) is 42.0 Å². The lowest BCUT2D eigenvalue weighted by atomic mass is 10.0. The van der Waals surface area contributed by atoms with Crippen LogP contribution in [0.5, 0.6) is 0 Å². The Bertz CT molecular complexity index is 384. The number of rotatable bonds is 5. The highest BCUT2D eigenvalue weighted by molar-refractivity contribution is 6.22. The van der Waals surface area contributed by atoms with Gasteiger partial charge in [-0.2, -0.15) is 0 Å². The second-order valence-electron chi connectivity index (χ2n) is 4.02. The predicted molar refractivity (Wildman–Crippen MR) is 70.9 cm³/mol. The van der Waals surface area contributed by atoms with E-state index in [-0.39, 0.29) is 17.7 Å². The summed E-state index contributed by atoms with van der Waals surface area (Å²) < 4.78 is 0. The molecule has 0 bridgehead atoms. The van der Waals surface area contributed by atoms with Gasteiger partial charge in [0, 0.05) is 17.5 Å². The summed E-state index contributed by atoms with van der Waals surface area (Å²) in [7, 11) is 0. The average Bonchev–Trinajstić information content (AvgIpc) is 2.36. The van der Waals surface area contributed by atoms with Crippen molar-refractivity contribution in [3.63, 3.8) is 0 Å². The molecule has 0 aromatic carbocycles. The third-order valence-electron chi connectivity index (χ3n) is 2.69. The maximum Gasteiger partial charge on any atom is 0.270 e. The van der Waals surface area contributed by atoms with Crippen molar-refractivity contribution in [3.05, 3.63) is 29.6 Å². The third-order valence-corrected chi connectivity index (χ3v) is 3.71. The number of halogens is 2.